The number of pyridine rings is 1. The van der Waals surface area contributed by atoms with E-state index in [1.54, 1.807) is 54.6 Å². The number of carbonyl (C=O) groups is 2. The summed E-state index contributed by atoms with van der Waals surface area (Å²) in [4.78, 5) is 32.3. The summed E-state index contributed by atoms with van der Waals surface area (Å²) >= 11 is 3.39. The van der Waals surface area contributed by atoms with Crippen LogP contribution in [0.2, 0.25) is 0 Å². The van der Waals surface area contributed by atoms with Crippen molar-refractivity contribution < 1.29 is 24.2 Å². The van der Waals surface area contributed by atoms with Gasteiger partial charge in [0, 0.05) is 16.1 Å². The molecule has 0 saturated carbocycles. The van der Waals surface area contributed by atoms with Crippen molar-refractivity contribution in [3.05, 3.63) is 99.7 Å². The maximum atomic E-state index is 13.6. The molecule has 0 fully saturated rings. The topological polar surface area (TPSA) is 104 Å². The lowest BCUT2D eigenvalue weighted by atomic mass is 9.98. The number of ketones is 1. The largest absolute Gasteiger partial charge is 0.506 e. The number of aromatic hydroxyl groups is 1. The Morgan fingerprint density at radius 1 is 1.09 bits per heavy atom. The van der Waals surface area contributed by atoms with Gasteiger partial charge in [-0.25, -0.2) is 0 Å². The fraction of sp³-hybridized carbons (Fsp3) is 0.0800. The molecule has 0 aliphatic carbocycles. The predicted octanol–water partition coefficient (Wildman–Crippen LogP) is 5.39. The van der Waals surface area contributed by atoms with Crippen molar-refractivity contribution in [2.75, 3.05) is 4.90 Å². The molecule has 0 saturated heterocycles. The van der Waals surface area contributed by atoms with Gasteiger partial charge >= 0.3 is 0 Å². The predicted molar refractivity (Wildman–Crippen MR) is 125 cm³/mol. The molecule has 1 unspecified atom stereocenters. The molecule has 1 atom stereocenters. The van der Waals surface area contributed by atoms with E-state index in [4.69, 9.17) is 4.42 Å². The average molecular weight is 505 g/mol. The van der Waals surface area contributed by atoms with Gasteiger partial charge in [-0.3, -0.25) is 19.5 Å². The molecule has 33 heavy (non-hydrogen) atoms. The van der Waals surface area contributed by atoms with Gasteiger partial charge in [-0.2, -0.15) is 0 Å². The van der Waals surface area contributed by atoms with Gasteiger partial charge in [-0.05, 0) is 61.0 Å². The van der Waals surface area contributed by atoms with Crippen LogP contribution in [-0.4, -0.2) is 26.9 Å². The number of hydrogen-bond acceptors (Lipinski definition) is 6. The Morgan fingerprint density at radius 2 is 1.91 bits per heavy atom. The normalized spacial score (nSPS) is 16.1. The Labute approximate surface area is 196 Å². The molecule has 3 heterocycles. The molecule has 2 aromatic carbocycles. The van der Waals surface area contributed by atoms with E-state index < -0.39 is 23.5 Å². The highest BCUT2D eigenvalue weighted by atomic mass is 79.9. The van der Waals surface area contributed by atoms with Gasteiger partial charge in [0.15, 0.2) is 11.5 Å². The van der Waals surface area contributed by atoms with Gasteiger partial charge in [0.1, 0.15) is 17.4 Å². The quantitative estimate of drug-likeness (QED) is 0.361. The lowest BCUT2D eigenvalue weighted by molar-refractivity contribution is -0.117. The molecule has 0 radical (unpaired) electrons. The number of hydrogen-bond donors (Lipinski definition) is 2. The van der Waals surface area contributed by atoms with Gasteiger partial charge in [-0.1, -0.05) is 28.1 Å². The highest BCUT2D eigenvalue weighted by Gasteiger charge is 2.46. The molecule has 1 aliphatic rings. The second-order valence-corrected chi connectivity index (χ2v) is 8.62. The first kappa shape index (κ1) is 21.0. The Balaban J connectivity index is 1.68. The zero-order valence-corrected chi connectivity index (χ0v) is 18.9. The molecule has 2 N–H and O–H groups in total. The van der Waals surface area contributed by atoms with Gasteiger partial charge < -0.3 is 14.6 Å². The van der Waals surface area contributed by atoms with Crippen molar-refractivity contribution in [1.29, 1.82) is 0 Å². The van der Waals surface area contributed by atoms with Crippen LogP contribution < -0.4 is 4.90 Å². The van der Waals surface area contributed by atoms with E-state index in [0.29, 0.717) is 16.7 Å². The lowest BCUT2D eigenvalue weighted by Crippen LogP contribution is -2.31. The van der Waals surface area contributed by atoms with Gasteiger partial charge in [-0.15, -0.1) is 0 Å². The monoisotopic (exact) mass is 504 g/mol. The molecular weight excluding hydrogens is 488 g/mol. The Morgan fingerprint density at radius 3 is 2.67 bits per heavy atom. The number of aryl methyl sites for hydroxylation is 1. The summed E-state index contributed by atoms with van der Waals surface area (Å²) in [5.74, 6) is -2.34. The molecule has 8 heteroatoms. The van der Waals surface area contributed by atoms with Gasteiger partial charge in [0.25, 0.3) is 5.91 Å². The highest BCUT2D eigenvalue weighted by molar-refractivity contribution is 9.10. The van der Waals surface area contributed by atoms with Crippen LogP contribution in [0.4, 0.5) is 5.69 Å². The molecule has 0 bridgehead atoms. The number of anilines is 1. The Hall–Kier alpha value is -3.91. The van der Waals surface area contributed by atoms with Gasteiger partial charge in [0.2, 0.25) is 5.78 Å². The molecule has 4 aromatic rings. The fourth-order valence-electron chi connectivity index (χ4n) is 3.99. The molecule has 2 aromatic heterocycles. The first-order chi connectivity index (χ1) is 15.8. The molecule has 1 amide bonds. The zero-order valence-electron chi connectivity index (χ0n) is 17.3. The van der Waals surface area contributed by atoms with Crippen molar-refractivity contribution in [3.63, 3.8) is 0 Å². The maximum absolute atomic E-state index is 13.6. The van der Waals surface area contributed by atoms with E-state index in [-0.39, 0.29) is 22.8 Å². The molecule has 5 rings (SSSR count). The van der Waals surface area contributed by atoms with Crippen molar-refractivity contribution in [2.45, 2.75) is 13.0 Å². The summed E-state index contributed by atoms with van der Waals surface area (Å²) in [6.45, 7) is 1.81. The van der Waals surface area contributed by atoms with E-state index in [9.17, 15) is 19.8 Å². The number of aliphatic hydroxyl groups excluding tert-OH is 1. The smallest absolute Gasteiger partial charge is 0.294 e. The number of carbonyl (C=O) groups excluding carboxylic acids is 2. The third-order valence-electron chi connectivity index (χ3n) is 5.51. The summed E-state index contributed by atoms with van der Waals surface area (Å²) < 4.78 is 6.55. The SMILES string of the molecule is Cc1ccc(O)c(N2C(=O)C(O)=C(C(=O)c3cc4cc(Br)ccc4o3)C2c2ccccn2)c1. The molecule has 1 aliphatic heterocycles. The summed E-state index contributed by atoms with van der Waals surface area (Å²) in [6.07, 6.45) is 1.53. The van der Waals surface area contributed by atoms with E-state index in [1.807, 2.05) is 6.92 Å². The number of halogens is 1. The number of furan rings is 1. The van der Waals surface area contributed by atoms with Crippen molar-refractivity contribution in [2.24, 2.45) is 0 Å². The maximum Gasteiger partial charge on any atom is 0.294 e. The second kappa shape index (κ2) is 7.90. The van der Waals surface area contributed by atoms with Crippen LogP contribution in [0.25, 0.3) is 11.0 Å². The fourth-order valence-corrected chi connectivity index (χ4v) is 4.37. The summed E-state index contributed by atoms with van der Waals surface area (Å²) in [7, 11) is 0. The Kier molecular flexibility index (Phi) is 5.02. The number of rotatable bonds is 4. The number of Topliss-reactive ketones (excluding diaryl/α,β-unsaturated/α-hetero) is 1. The van der Waals surface area contributed by atoms with Crippen LogP contribution >= 0.6 is 15.9 Å². The number of phenols is 1. The highest BCUT2D eigenvalue weighted by Crippen LogP contribution is 2.44. The van der Waals surface area contributed by atoms with Crippen LogP contribution in [0.15, 0.2) is 87.1 Å². The average Bonchev–Trinajstić information content (AvgIpc) is 3.34. The number of phenolic OH excluding ortho intramolecular Hbond substituents is 1. The van der Waals surface area contributed by atoms with Crippen LogP contribution in [-0.2, 0) is 4.79 Å². The second-order valence-electron chi connectivity index (χ2n) is 7.71. The van der Waals surface area contributed by atoms with E-state index >= 15 is 0 Å². The summed E-state index contributed by atoms with van der Waals surface area (Å²) in [5.41, 5.74) is 1.64. The minimum atomic E-state index is -1.06. The number of fused-ring (bicyclic) bond motifs is 1. The third kappa shape index (κ3) is 3.48. The molecule has 0 spiro atoms. The molecule has 7 nitrogen and oxygen atoms in total. The van der Waals surface area contributed by atoms with E-state index in [1.165, 1.54) is 17.2 Å². The first-order valence-corrected chi connectivity index (χ1v) is 10.9. The standard InChI is InChI=1S/C25H17BrN2O5/c1-13-5-7-18(29)17(10-13)28-22(16-4-2-3-9-27-16)21(24(31)25(28)32)23(30)20-12-14-11-15(26)6-8-19(14)33-20/h2-12,22,29,31H,1H3. The molecule has 164 valence electrons. The first-order valence-electron chi connectivity index (χ1n) is 10.1. The molecular formula is C25H17BrN2O5. The minimum Gasteiger partial charge on any atom is -0.506 e. The number of aromatic nitrogens is 1. The van der Waals surface area contributed by atoms with Crippen molar-refractivity contribution in [1.82, 2.24) is 4.98 Å². The summed E-state index contributed by atoms with van der Waals surface area (Å²) in [5, 5.41) is 22.0. The van der Waals surface area contributed by atoms with Crippen LogP contribution in [0.3, 0.4) is 0 Å². The van der Waals surface area contributed by atoms with Crippen LogP contribution in [0.1, 0.15) is 27.9 Å². The number of nitrogens with zero attached hydrogens (tertiary/aromatic N) is 2. The minimum absolute atomic E-state index is 0.0197. The van der Waals surface area contributed by atoms with Crippen molar-refractivity contribution >= 4 is 44.3 Å². The number of amides is 1. The van der Waals surface area contributed by atoms with Crippen molar-refractivity contribution in [3.8, 4) is 5.75 Å². The van der Waals surface area contributed by atoms with Gasteiger partial charge in [0.05, 0.1) is 17.0 Å². The lowest BCUT2D eigenvalue weighted by Gasteiger charge is -2.26. The summed E-state index contributed by atoms with van der Waals surface area (Å²) in [6, 6.07) is 15.7. The number of aliphatic hydroxyl groups is 1. The van der Waals surface area contributed by atoms with E-state index in [0.717, 1.165) is 10.0 Å². The Bertz CT molecular complexity index is 1460. The number of benzene rings is 2. The van der Waals surface area contributed by atoms with Crippen LogP contribution in [0.5, 0.6) is 5.75 Å². The van der Waals surface area contributed by atoms with Crippen LogP contribution in [0, 0.1) is 6.92 Å². The van der Waals surface area contributed by atoms with E-state index in [2.05, 4.69) is 20.9 Å². The zero-order chi connectivity index (χ0) is 23.3. The third-order valence-corrected chi connectivity index (χ3v) is 6.01.